The van der Waals surface area contributed by atoms with E-state index in [1.54, 1.807) is 42.7 Å². The van der Waals surface area contributed by atoms with Gasteiger partial charge in [-0.2, -0.15) is 0 Å². The molecule has 2 aromatic carbocycles. The van der Waals surface area contributed by atoms with Crippen molar-refractivity contribution in [3.8, 4) is 0 Å². The number of amides is 1. The summed E-state index contributed by atoms with van der Waals surface area (Å²) >= 11 is 0. The number of anilines is 1. The van der Waals surface area contributed by atoms with E-state index in [2.05, 4.69) is 10.3 Å². The summed E-state index contributed by atoms with van der Waals surface area (Å²) in [5.74, 6) is -0.805. The molecule has 5 nitrogen and oxygen atoms in total. The van der Waals surface area contributed by atoms with Crippen molar-refractivity contribution < 1.29 is 14.3 Å². The van der Waals surface area contributed by atoms with Gasteiger partial charge in [-0.25, -0.2) is 4.79 Å². The van der Waals surface area contributed by atoms with Gasteiger partial charge in [-0.15, -0.1) is 0 Å². The van der Waals surface area contributed by atoms with Gasteiger partial charge < -0.3 is 10.1 Å². The van der Waals surface area contributed by atoms with Crippen LogP contribution in [-0.4, -0.2) is 24.0 Å². The first-order chi connectivity index (χ1) is 11.2. The standard InChI is InChI=1S/C18H14N2O3/c1-23-18(22)14-6-2-3-8-16(14)20-17(21)13-7-4-5-12-9-10-19-11-15(12)13/h2-11H,1H3,(H,20,21). The van der Waals surface area contributed by atoms with E-state index in [-0.39, 0.29) is 5.91 Å². The van der Waals surface area contributed by atoms with Gasteiger partial charge in [-0.3, -0.25) is 9.78 Å². The third kappa shape index (κ3) is 2.89. The van der Waals surface area contributed by atoms with Crippen molar-refractivity contribution >= 4 is 28.3 Å². The Bertz CT molecular complexity index is 885. The van der Waals surface area contributed by atoms with Gasteiger partial charge in [0.2, 0.25) is 0 Å². The van der Waals surface area contributed by atoms with E-state index in [4.69, 9.17) is 4.74 Å². The molecule has 0 spiro atoms. The highest BCUT2D eigenvalue weighted by atomic mass is 16.5. The van der Waals surface area contributed by atoms with Crippen LogP contribution in [-0.2, 0) is 4.74 Å². The number of carbonyl (C=O) groups is 2. The number of hydrogen-bond donors (Lipinski definition) is 1. The molecule has 0 unspecified atom stereocenters. The lowest BCUT2D eigenvalue weighted by atomic mass is 10.1. The number of ether oxygens (including phenoxy) is 1. The summed E-state index contributed by atoms with van der Waals surface area (Å²) < 4.78 is 4.73. The van der Waals surface area contributed by atoms with Crippen LogP contribution in [0.1, 0.15) is 20.7 Å². The fourth-order valence-corrected chi connectivity index (χ4v) is 2.38. The second-order valence-electron chi connectivity index (χ2n) is 4.89. The van der Waals surface area contributed by atoms with Crippen LogP contribution in [0.4, 0.5) is 5.69 Å². The van der Waals surface area contributed by atoms with E-state index in [1.807, 2.05) is 18.2 Å². The molecule has 1 amide bonds. The van der Waals surface area contributed by atoms with Crippen molar-refractivity contribution in [1.82, 2.24) is 4.98 Å². The maximum atomic E-state index is 12.6. The van der Waals surface area contributed by atoms with Crippen molar-refractivity contribution in [2.45, 2.75) is 0 Å². The molecule has 0 saturated heterocycles. The lowest BCUT2D eigenvalue weighted by molar-refractivity contribution is 0.0602. The third-order valence-electron chi connectivity index (χ3n) is 3.51. The van der Waals surface area contributed by atoms with Gasteiger partial charge in [0.1, 0.15) is 0 Å². The number of fused-ring (bicyclic) bond motifs is 1. The summed E-state index contributed by atoms with van der Waals surface area (Å²) in [6, 6.07) is 14.0. The number of methoxy groups -OCH3 is 1. The number of pyridine rings is 1. The zero-order valence-corrected chi connectivity index (χ0v) is 12.4. The number of hydrogen-bond acceptors (Lipinski definition) is 4. The molecule has 3 rings (SSSR count). The monoisotopic (exact) mass is 306 g/mol. The lowest BCUT2D eigenvalue weighted by Crippen LogP contribution is -2.15. The number of aromatic nitrogens is 1. The van der Waals surface area contributed by atoms with Crippen LogP contribution in [0.15, 0.2) is 60.9 Å². The summed E-state index contributed by atoms with van der Waals surface area (Å²) in [5, 5.41) is 4.44. The van der Waals surface area contributed by atoms with Crippen molar-refractivity contribution in [2.24, 2.45) is 0 Å². The number of para-hydroxylation sites is 1. The molecule has 1 heterocycles. The Kier molecular flexibility index (Phi) is 4.01. The van der Waals surface area contributed by atoms with Crippen LogP contribution in [0.2, 0.25) is 0 Å². The summed E-state index contributed by atoms with van der Waals surface area (Å²) in [7, 11) is 1.30. The highest BCUT2D eigenvalue weighted by molar-refractivity contribution is 6.14. The molecule has 0 saturated carbocycles. The topological polar surface area (TPSA) is 68.3 Å². The average Bonchev–Trinajstić information content (AvgIpc) is 2.61. The average molecular weight is 306 g/mol. The summed E-state index contributed by atoms with van der Waals surface area (Å²) in [6.07, 6.45) is 3.33. The Hall–Kier alpha value is -3.21. The second kappa shape index (κ2) is 6.27. The minimum Gasteiger partial charge on any atom is -0.465 e. The Morgan fingerprint density at radius 2 is 1.78 bits per heavy atom. The van der Waals surface area contributed by atoms with E-state index in [0.29, 0.717) is 16.8 Å². The van der Waals surface area contributed by atoms with Gasteiger partial charge in [0.25, 0.3) is 5.91 Å². The smallest absolute Gasteiger partial charge is 0.339 e. The normalized spacial score (nSPS) is 10.3. The van der Waals surface area contributed by atoms with Gasteiger partial charge in [0.15, 0.2) is 0 Å². The quantitative estimate of drug-likeness (QED) is 0.754. The number of nitrogens with zero attached hydrogens (tertiary/aromatic N) is 1. The molecule has 0 aliphatic heterocycles. The zero-order chi connectivity index (χ0) is 16.2. The molecule has 5 heteroatoms. The first-order valence-electron chi connectivity index (χ1n) is 7.02. The summed E-state index contributed by atoms with van der Waals surface area (Å²) in [5.41, 5.74) is 1.21. The van der Waals surface area contributed by atoms with Gasteiger partial charge in [0.05, 0.1) is 18.4 Å². The van der Waals surface area contributed by atoms with Crippen LogP contribution in [0, 0.1) is 0 Å². The minimum atomic E-state index is -0.500. The van der Waals surface area contributed by atoms with E-state index >= 15 is 0 Å². The summed E-state index contributed by atoms with van der Waals surface area (Å²) in [4.78, 5) is 28.4. The molecule has 0 radical (unpaired) electrons. The van der Waals surface area contributed by atoms with Crippen molar-refractivity contribution in [1.29, 1.82) is 0 Å². The highest BCUT2D eigenvalue weighted by Gasteiger charge is 2.15. The van der Waals surface area contributed by atoms with Gasteiger partial charge >= 0.3 is 5.97 Å². The Morgan fingerprint density at radius 3 is 2.61 bits per heavy atom. The maximum Gasteiger partial charge on any atom is 0.339 e. The first-order valence-corrected chi connectivity index (χ1v) is 7.02. The number of nitrogens with one attached hydrogen (secondary N) is 1. The minimum absolute atomic E-state index is 0.306. The van der Waals surface area contributed by atoms with Crippen molar-refractivity contribution in [2.75, 3.05) is 12.4 Å². The Morgan fingerprint density at radius 1 is 1.00 bits per heavy atom. The van der Waals surface area contributed by atoms with Crippen LogP contribution in [0.25, 0.3) is 10.8 Å². The van der Waals surface area contributed by atoms with E-state index < -0.39 is 5.97 Å². The molecular weight excluding hydrogens is 292 g/mol. The molecule has 3 aromatic rings. The molecule has 0 aliphatic rings. The van der Waals surface area contributed by atoms with Gasteiger partial charge in [-0.05, 0) is 29.7 Å². The SMILES string of the molecule is COC(=O)c1ccccc1NC(=O)c1cccc2ccncc12. The molecule has 114 valence electrons. The van der Waals surface area contributed by atoms with Crippen LogP contribution >= 0.6 is 0 Å². The van der Waals surface area contributed by atoms with E-state index in [0.717, 1.165) is 10.8 Å². The van der Waals surface area contributed by atoms with Crippen molar-refractivity contribution in [3.05, 3.63) is 72.1 Å². The molecule has 23 heavy (non-hydrogen) atoms. The molecule has 0 atom stereocenters. The molecule has 0 bridgehead atoms. The number of carbonyl (C=O) groups excluding carboxylic acids is 2. The fraction of sp³-hybridized carbons (Fsp3) is 0.0556. The molecular formula is C18H14N2O3. The van der Waals surface area contributed by atoms with Crippen molar-refractivity contribution in [3.63, 3.8) is 0 Å². The fourth-order valence-electron chi connectivity index (χ4n) is 2.38. The van der Waals surface area contributed by atoms with Crippen LogP contribution in [0.5, 0.6) is 0 Å². The maximum absolute atomic E-state index is 12.6. The Labute approximate surface area is 132 Å². The van der Waals surface area contributed by atoms with E-state index in [9.17, 15) is 9.59 Å². The second-order valence-corrected chi connectivity index (χ2v) is 4.89. The van der Waals surface area contributed by atoms with Crippen LogP contribution < -0.4 is 5.32 Å². The number of rotatable bonds is 3. The van der Waals surface area contributed by atoms with Gasteiger partial charge in [-0.1, -0.05) is 24.3 Å². The predicted octanol–water partition coefficient (Wildman–Crippen LogP) is 3.27. The Balaban J connectivity index is 1.98. The van der Waals surface area contributed by atoms with Gasteiger partial charge in [0, 0.05) is 23.3 Å². The molecule has 1 aromatic heterocycles. The van der Waals surface area contributed by atoms with E-state index in [1.165, 1.54) is 7.11 Å². The molecule has 1 N–H and O–H groups in total. The largest absolute Gasteiger partial charge is 0.465 e. The molecule has 0 fully saturated rings. The highest BCUT2D eigenvalue weighted by Crippen LogP contribution is 2.21. The third-order valence-corrected chi connectivity index (χ3v) is 3.51. The summed E-state index contributed by atoms with van der Waals surface area (Å²) in [6.45, 7) is 0. The lowest BCUT2D eigenvalue weighted by Gasteiger charge is -2.11. The first kappa shape index (κ1) is 14.7. The molecule has 0 aliphatic carbocycles. The number of benzene rings is 2. The zero-order valence-electron chi connectivity index (χ0n) is 12.4. The number of esters is 1. The predicted molar refractivity (Wildman–Crippen MR) is 87.5 cm³/mol. The van der Waals surface area contributed by atoms with Crippen LogP contribution in [0.3, 0.4) is 0 Å².